The molecule has 0 N–H and O–H groups in total. The van der Waals surface area contributed by atoms with Gasteiger partial charge in [0.05, 0.1) is 16.7 Å². The van der Waals surface area contributed by atoms with Crippen LogP contribution in [0.3, 0.4) is 0 Å². The first-order valence-corrected chi connectivity index (χ1v) is 19.9. The molecule has 0 unspecified atom stereocenters. The van der Waals surface area contributed by atoms with E-state index in [2.05, 4.69) is 240 Å². The highest BCUT2D eigenvalue weighted by atomic mass is 15.1. The minimum absolute atomic E-state index is 1.10. The van der Waals surface area contributed by atoms with Crippen LogP contribution in [0.25, 0.3) is 82.4 Å². The molecule has 0 fully saturated rings. The van der Waals surface area contributed by atoms with Crippen LogP contribution in [0.5, 0.6) is 0 Å². The molecule has 2 nitrogen and oxygen atoms in total. The van der Waals surface area contributed by atoms with Crippen molar-refractivity contribution in [2.45, 2.75) is 0 Å². The van der Waals surface area contributed by atoms with Crippen molar-refractivity contribution in [3.05, 3.63) is 231 Å². The van der Waals surface area contributed by atoms with Crippen molar-refractivity contribution in [1.82, 2.24) is 4.57 Å². The molecule has 0 atom stereocenters. The van der Waals surface area contributed by atoms with E-state index in [1.54, 1.807) is 0 Å². The van der Waals surface area contributed by atoms with Gasteiger partial charge in [0.2, 0.25) is 0 Å². The summed E-state index contributed by atoms with van der Waals surface area (Å²) in [5, 5.41) is 7.23. The molecule has 1 aromatic heterocycles. The van der Waals surface area contributed by atoms with Gasteiger partial charge in [-0.15, -0.1) is 0 Å². The Balaban J connectivity index is 1.23. The molecule has 2 heteroatoms. The average molecular weight is 739 g/mol. The topological polar surface area (TPSA) is 8.17 Å². The van der Waals surface area contributed by atoms with E-state index in [0.717, 1.165) is 28.3 Å². The van der Waals surface area contributed by atoms with Crippen molar-refractivity contribution < 1.29 is 0 Å². The smallest absolute Gasteiger partial charge is 0.0640 e. The molecular weight excluding hydrogens is 701 g/mol. The van der Waals surface area contributed by atoms with Gasteiger partial charge >= 0.3 is 0 Å². The summed E-state index contributed by atoms with van der Waals surface area (Å²) in [5.74, 6) is 0. The van der Waals surface area contributed by atoms with E-state index in [-0.39, 0.29) is 0 Å². The lowest BCUT2D eigenvalue weighted by molar-refractivity contribution is 1.19. The van der Waals surface area contributed by atoms with Crippen molar-refractivity contribution in [3.63, 3.8) is 0 Å². The van der Waals surface area contributed by atoms with Crippen LogP contribution >= 0.6 is 0 Å². The molecule has 272 valence electrons. The van der Waals surface area contributed by atoms with Crippen LogP contribution in [0.15, 0.2) is 231 Å². The molecule has 0 amide bonds. The maximum Gasteiger partial charge on any atom is 0.0640 e. The van der Waals surface area contributed by atoms with Gasteiger partial charge in [-0.25, -0.2) is 0 Å². The number of benzene rings is 10. The zero-order valence-electron chi connectivity index (χ0n) is 31.8. The number of hydrogen-bond acceptors (Lipinski definition) is 1. The molecule has 0 saturated heterocycles. The van der Waals surface area contributed by atoms with Gasteiger partial charge in [-0.3, -0.25) is 0 Å². The molecule has 1 heterocycles. The van der Waals surface area contributed by atoms with Crippen LogP contribution in [-0.4, -0.2) is 4.57 Å². The number of fused-ring (bicyclic) bond motifs is 6. The van der Waals surface area contributed by atoms with Crippen LogP contribution in [0.2, 0.25) is 0 Å². The lowest BCUT2D eigenvalue weighted by Crippen LogP contribution is -2.10. The van der Waals surface area contributed by atoms with Gasteiger partial charge in [0, 0.05) is 33.2 Å². The molecule has 10 aromatic carbocycles. The predicted molar refractivity (Wildman–Crippen MR) is 247 cm³/mol. The van der Waals surface area contributed by atoms with Crippen LogP contribution < -0.4 is 4.90 Å². The standard InChI is InChI=1S/C56H38N2/c1-4-14-39(15-5-1)43-24-30-48(31-25-43)57(50-34-28-42-20-10-11-21-45(42)36-50)54-38-47-22-12-13-23-51(47)56-55(54)52-37-46(41-18-8-3-9-19-41)29-35-53(52)58(56)49-32-26-44(27-33-49)40-16-6-2-7-17-40/h1-38H. The Labute approximate surface area is 338 Å². The molecule has 0 saturated carbocycles. The van der Waals surface area contributed by atoms with Gasteiger partial charge in [-0.1, -0.05) is 176 Å². The number of hydrogen-bond donors (Lipinski definition) is 0. The Hall–Kier alpha value is -7.68. The summed E-state index contributed by atoms with van der Waals surface area (Å²) in [7, 11) is 0. The van der Waals surface area contributed by atoms with E-state index in [4.69, 9.17) is 0 Å². The lowest BCUT2D eigenvalue weighted by Gasteiger charge is -2.28. The number of aromatic nitrogens is 1. The Morgan fingerprint density at radius 2 is 0.810 bits per heavy atom. The van der Waals surface area contributed by atoms with E-state index in [1.807, 2.05) is 0 Å². The van der Waals surface area contributed by atoms with Gasteiger partial charge < -0.3 is 9.47 Å². The Morgan fingerprint density at radius 3 is 1.47 bits per heavy atom. The summed E-state index contributed by atoms with van der Waals surface area (Å²) in [4.78, 5) is 2.47. The summed E-state index contributed by atoms with van der Waals surface area (Å²) < 4.78 is 2.48. The van der Waals surface area contributed by atoms with Gasteiger partial charge in [0.1, 0.15) is 0 Å². The summed E-state index contributed by atoms with van der Waals surface area (Å²) in [6.07, 6.45) is 0. The van der Waals surface area contributed by atoms with Crippen molar-refractivity contribution in [2.24, 2.45) is 0 Å². The highest BCUT2D eigenvalue weighted by molar-refractivity contribution is 6.25. The molecule has 0 aliphatic rings. The fourth-order valence-corrected chi connectivity index (χ4v) is 8.73. The number of rotatable bonds is 7. The van der Waals surface area contributed by atoms with Gasteiger partial charge in [0.15, 0.2) is 0 Å². The minimum atomic E-state index is 1.10. The molecule has 0 spiro atoms. The third-order valence-electron chi connectivity index (χ3n) is 11.5. The molecule has 0 radical (unpaired) electrons. The third-order valence-corrected chi connectivity index (χ3v) is 11.5. The molecule has 58 heavy (non-hydrogen) atoms. The van der Waals surface area contributed by atoms with Crippen molar-refractivity contribution in [1.29, 1.82) is 0 Å². The normalized spacial score (nSPS) is 11.4. The van der Waals surface area contributed by atoms with E-state index in [9.17, 15) is 0 Å². The summed E-state index contributed by atoms with van der Waals surface area (Å²) >= 11 is 0. The first-order chi connectivity index (χ1) is 28.8. The van der Waals surface area contributed by atoms with Crippen LogP contribution in [0.4, 0.5) is 17.1 Å². The van der Waals surface area contributed by atoms with Crippen LogP contribution in [0, 0.1) is 0 Å². The summed E-state index contributed by atoms with van der Waals surface area (Å²) in [6, 6.07) is 83.8. The zero-order valence-corrected chi connectivity index (χ0v) is 31.8. The monoisotopic (exact) mass is 738 g/mol. The van der Waals surface area contributed by atoms with Crippen molar-refractivity contribution in [2.75, 3.05) is 4.90 Å². The van der Waals surface area contributed by atoms with E-state index >= 15 is 0 Å². The largest absolute Gasteiger partial charge is 0.310 e. The van der Waals surface area contributed by atoms with Crippen LogP contribution in [-0.2, 0) is 0 Å². The molecule has 11 rings (SSSR count). The van der Waals surface area contributed by atoms with Crippen LogP contribution in [0.1, 0.15) is 0 Å². The first-order valence-electron chi connectivity index (χ1n) is 19.9. The quantitative estimate of drug-likeness (QED) is 0.158. The van der Waals surface area contributed by atoms with Crippen molar-refractivity contribution in [3.8, 4) is 39.1 Å². The molecule has 11 aromatic rings. The first kappa shape index (κ1) is 33.6. The summed E-state index contributed by atoms with van der Waals surface area (Å²) in [6.45, 7) is 0. The Bertz CT molecular complexity index is 3240. The molecule has 0 aliphatic carbocycles. The molecule has 0 aliphatic heterocycles. The van der Waals surface area contributed by atoms with Crippen molar-refractivity contribution >= 4 is 60.4 Å². The third kappa shape index (κ3) is 5.82. The highest BCUT2D eigenvalue weighted by Gasteiger charge is 2.24. The van der Waals surface area contributed by atoms with E-state index < -0.39 is 0 Å². The SMILES string of the molecule is c1ccc(-c2ccc(N(c3ccc4ccccc4c3)c3cc4ccccc4c4c3c3cc(-c5ccccc5)ccc3n4-c3ccc(-c4ccccc4)cc3)cc2)cc1. The van der Waals surface area contributed by atoms with Gasteiger partial charge in [-0.2, -0.15) is 0 Å². The van der Waals surface area contributed by atoms with Gasteiger partial charge in [0.25, 0.3) is 0 Å². The molecule has 0 bridgehead atoms. The zero-order chi connectivity index (χ0) is 38.4. The Morgan fingerprint density at radius 1 is 0.310 bits per heavy atom. The second-order valence-corrected chi connectivity index (χ2v) is 15.0. The fourth-order valence-electron chi connectivity index (χ4n) is 8.73. The predicted octanol–water partition coefficient (Wildman–Crippen LogP) is 15.6. The van der Waals surface area contributed by atoms with Gasteiger partial charge in [-0.05, 0) is 104 Å². The lowest BCUT2D eigenvalue weighted by atomic mass is 9.99. The number of nitrogens with zero attached hydrogens (tertiary/aromatic N) is 2. The highest BCUT2D eigenvalue weighted by Crippen LogP contribution is 2.48. The molecular formula is C56H38N2. The fraction of sp³-hybridized carbons (Fsp3) is 0. The second kappa shape index (κ2) is 14.1. The number of anilines is 3. The van der Waals surface area contributed by atoms with E-state index in [1.165, 1.54) is 71.2 Å². The maximum atomic E-state index is 2.48. The maximum absolute atomic E-state index is 2.48. The second-order valence-electron chi connectivity index (χ2n) is 15.0. The average Bonchev–Trinajstić information content (AvgIpc) is 3.65. The minimum Gasteiger partial charge on any atom is -0.310 e. The van der Waals surface area contributed by atoms with E-state index in [0.29, 0.717) is 0 Å². The summed E-state index contributed by atoms with van der Waals surface area (Å²) in [5.41, 5.74) is 14.0. The Kier molecular flexibility index (Phi) is 8.19.